The Kier molecular flexibility index (Phi) is 8.02. The van der Waals surface area contributed by atoms with E-state index in [-0.39, 0.29) is 0 Å². The van der Waals surface area contributed by atoms with Crippen molar-refractivity contribution >= 4 is 10.5 Å². The molecule has 0 bridgehead atoms. The van der Waals surface area contributed by atoms with Gasteiger partial charge in [-0.1, -0.05) is 56.5 Å². The lowest BCUT2D eigenvalue weighted by Crippen LogP contribution is -2.11. The van der Waals surface area contributed by atoms with Crippen LogP contribution in [0, 0.1) is 0 Å². The molecule has 0 aromatic heterocycles. The maximum absolute atomic E-state index is 5.67. The van der Waals surface area contributed by atoms with Crippen LogP contribution in [0.3, 0.4) is 0 Å². The van der Waals surface area contributed by atoms with Gasteiger partial charge in [-0.05, 0) is 31.2 Å². The van der Waals surface area contributed by atoms with E-state index in [1.807, 2.05) is 0 Å². The molecule has 1 aromatic carbocycles. The summed E-state index contributed by atoms with van der Waals surface area (Å²) in [5, 5.41) is 0. The first-order chi connectivity index (χ1) is 8.36. The summed E-state index contributed by atoms with van der Waals surface area (Å²) in [6.07, 6.45) is 9.43. The van der Waals surface area contributed by atoms with Crippen LogP contribution in [0.15, 0.2) is 30.3 Å². The van der Waals surface area contributed by atoms with E-state index in [4.69, 9.17) is 4.43 Å². The summed E-state index contributed by atoms with van der Waals surface area (Å²) < 4.78 is 5.67. The highest BCUT2D eigenvalue weighted by Crippen LogP contribution is 2.13. The Balaban J connectivity index is 2.15. The van der Waals surface area contributed by atoms with Crippen molar-refractivity contribution in [1.29, 1.82) is 0 Å². The summed E-state index contributed by atoms with van der Waals surface area (Å²) >= 11 is 0. The molecule has 0 saturated carbocycles. The fourth-order valence-electron chi connectivity index (χ4n) is 2.18. The molecule has 0 aliphatic heterocycles. The van der Waals surface area contributed by atoms with Crippen molar-refractivity contribution in [2.75, 3.05) is 0 Å². The molecule has 17 heavy (non-hydrogen) atoms. The maximum Gasteiger partial charge on any atom is 0.146 e. The molecule has 0 fully saturated rings. The second kappa shape index (κ2) is 9.43. The first-order valence-corrected chi connectivity index (χ1v) is 7.75. The first-order valence-electron chi connectivity index (χ1n) is 6.93. The largest absolute Gasteiger partial charge is 0.425 e. The average Bonchev–Trinajstić information content (AvgIpc) is 2.38. The monoisotopic (exact) mass is 250 g/mol. The number of hydrogen-bond acceptors (Lipinski definition) is 1. The van der Waals surface area contributed by atoms with Crippen LogP contribution in [-0.2, 0) is 10.8 Å². The summed E-state index contributed by atoms with van der Waals surface area (Å²) in [5.74, 6) is 0. The molecule has 0 spiro atoms. The van der Waals surface area contributed by atoms with Gasteiger partial charge < -0.3 is 4.43 Å². The maximum atomic E-state index is 5.67. The number of rotatable bonds is 9. The van der Waals surface area contributed by atoms with Crippen LogP contribution in [0.2, 0.25) is 0 Å². The minimum atomic E-state index is 0.525. The lowest BCUT2D eigenvalue weighted by atomic mass is 10.0. The lowest BCUT2D eigenvalue weighted by molar-refractivity contribution is 0.191. The summed E-state index contributed by atoms with van der Waals surface area (Å²) in [6, 6.07) is 10.8. The lowest BCUT2D eigenvalue weighted by Gasteiger charge is -2.15. The molecule has 2 heteroatoms. The SMILES string of the molecule is CCCCCC(CCCc1ccccc1)O[SiH3]. The van der Waals surface area contributed by atoms with Gasteiger partial charge in [-0.25, -0.2) is 0 Å². The summed E-state index contributed by atoms with van der Waals surface area (Å²) in [4.78, 5) is 0. The van der Waals surface area contributed by atoms with Gasteiger partial charge in [0.15, 0.2) is 0 Å². The van der Waals surface area contributed by atoms with Crippen molar-refractivity contribution < 1.29 is 4.43 Å². The minimum Gasteiger partial charge on any atom is -0.425 e. The van der Waals surface area contributed by atoms with Gasteiger partial charge in [-0.2, -0.15) is 0 Å². The van der Waals surface area contributed by atoms with E-state index in [9.17, 15) is 0 Å². The average molecular weight is 250 g/mol. The van der Waals surface area contributed by atoms with E-state index < -0.39 is 0 Å². The summed E-state index contributed by atoms with van der Waals surface area (Å²) in [7, 11) is 0.877. The highest BCUT2D eigenvalue weighted by atomic mass is 28.2. The Labute approximate surface area is 109 Å². The van der Waals surface area contributed by atoms with E-state index in [1.54, 1.807) is 0 Å². The first kappa shape index (κ1) is 14.5. The van der Waals surface area contributed by atoms with Crippen LogP contribution in [0.4, 0.5) is 0 Å². The molecule has 0 saturated heterocycles. The van der Waals surface area contributed by atoms with E-state index in [1.165, 1.54) is 50.5 Å². The molecular weight excluding hydrogens is 224 g/mol. The highest BCUT2D eigenvalue weighted by Gasteiger charge is 2.05. The number of aryl methyl sites for hydroxylation is 1. The molecule has 0 heterocycles. The van der Waals surface area contributed by atoms with Crippen LogP contribution in [0.5, 0.6) is 0 Å². The minimum absolute atomic E-state index is 0.525. The second-order valence-electron chi connectivity index (χ2n) is 4.73. The van der Waals surface area contributed by atoms with Crippen molar-refractivity contribution in [2.45, 2.75) is 58.0 Å². The third kappa shape index (κ3) is 6.64. The van der Waals surface area contributed by atoms with Gasteiger partial charge in [0.1, 0.15) is 10.5 Å². The Hall–Kier alpha value is -0.603. The van der Waals surface area contributed by atoms with Gasteiger partial charge in [0.25, 0.3) is 0 Å². The molecule has 0 aliphatic rings. The van der Waals surface area contributed by atoms with Crippen molar-refractivity contribution in [3.8, 4) is 0 Å². The fourth-order valence-corrected chi connectivity index (χ4v) is 2.65. The molecule has 1 nitrogen and oxygen atoms in total. The normalized spacial score (nSPS) is 12.8. The van der Waals surface area contributed by atoms with Crippen LogP contribution < -0.4 is 0 Å². The van der Waals surface area contributed by atoms with Gasteiger partial charge in [-0.15, -0.1) is 0 Å². The molecule has 0 aliphatic carbocycles. The van der Waals surface area contributed by atoms with Gasteiger partial charge in [-0.3, -0.25) is 0 Å². The van der Waals surface area contributed by atoms with Crippen molar-refractivity contribution in [2.24, 2.45) is 0 Å². The highest BCUT2D eigenvalue weighted by molar-refractivity contribution is 5.98. The van der Waals surface area contributed by atoms with E-state index in [2.05, 4.69) is 37.3 Å². The van der Waals surface area contributed by atoms with Gasteiger partial charge in [0.2, 0.25) is 0 Å². The van der Waals surface area contributed by atoms with Crippen LogP contribution in [0.1, 0.15) is 51.0 Å². The topological polar surface area (TPSA) is 9.23 Å². The number of benzene rings is 1. The van der Waals surface area contributed by atoms with Crippen molar-refractivity contribution in [3.63, 3.8) is 0 Å². The molecule has 96 valence electrons. The van der Waals surface area contributed by atoms with Crippen LogP contribution >= 0.6 is 0 Å². The van der Waals surface area contributed by atoms with Crippen LogP contribution in [0.25, 0.3) is 0 Å². The van der Waals surface area contributed by atoms with Crippen molar-refractivity contribution in [3.05, 3.63) is 35.9 Å². The molecule has 0 amide bonds. The Morgan fingerprint density at radius 2 is 1.76 bits per heavy atom. The zero-order valence-electron chi connectivity index (χ0n) is 11.3. The van der Waals surface area contributed by atoms with E-state index in [0.29, 0.717) is 6.10 Å². The fraction of sp³-hybridized carbons (Fsp3) is 0.600. The molecule has 1 rings (SSSR count). The molecule has 0 N–H and O–H groups in total. The molecule has 1 unspecified atom stereocenters. The summed E-state index contributed by atoms with van der Waals surface area (Å²) in [6.45, 7) is 2.26. The number of unbranched alkanes of at least 4 members (excludes halogenated alkanes) is 2. The molecule has 1 aromatic rings. The zero-order chi connectivity index (χ0) is 12.3. The van der Waals surface area contributed by atoms with Crippen LogP contribution in [-0.4, -0.2) is 16.6 Å². The third-order valence-electron chi connectivity index (χ3n) is 3.30. The van der Waals surface area contributed by atoms with Gasteiger partial charge in [0, 0.05) is 6.10 Å². The standard InChI is InChI=1S/C15H26OSi/c1-2-3-5-12-15(16-17)13-8-11-14-9-6-4-7-10-14/h4,6-7,9-10,15H,2-3,5,8,11-13H2,1,17H3. The smallest absolute Gasteiger partial charge is 0.146 e. The molecule has 1 atom stereocenters. The van der Waals surface area contributed by atoms with Gasteiger partial charge in [0.05, 0.1) is 0 Å². The Bertz CT molecular complexity index is 274. The zero-order valence-corrected chi connectivity index (χ0v) is 13.3. The predicted octanol–water partition coefficient (Wildman–Crippen LogP) is 3.26. The van der Waals surface area contributed by atoms with Gasteiger partial charge >= 0.3 is 0 Å². The quantitative estimate of drug-likeness (QED) is 0.483. The second-order valence-corrected chi connectivity index (χ2v) is 5.20. The van der Waals surface area contributed by atoms with Crippen molar-refractivity contribution in [1.82, 2.24) is 0 Å². The number of hydrogen-bond donors (Lipinski definition) is 0. The Morgan fingerprint density at radius 1 is 1.06 bits per heavy atom. The Morgan fingerprint density at radius 3 is 2.41 bits per heavy atom. The van der Waals surface area contributed by atoms with E-state index in [0.717, 1.165) is 10.5 Å². The van der Waals surface area contributed by atoms with E-state index >= 15 is 0 Å². The summed E-state index contributed by atoms with van der Waals surface area (Å²) in [5.41, 5.74) is 1.45. The molecule has 0 radical (unpaired) electrons. The predicted molar refractivity (Wildman–Crippen MR) is 78.3 cm³/mol. The molecular formula is C15H26OSi. The third-order valence-corrected chi connectivity index (χ3v) is 3.96.